The number of hydrogen-bond acceptors (Lipinski definition) is 4. The number of aliphatic hydroxyl groups excluding tert-OH is 1. The van der Waals surface area contributed by atoms with Crippen LogP contribution in [0, 0.1) is 5.92 Å². The van der Waals surface area contributed by atoms with Crippen LogP contribution in [-0.2, 0) is 12.0 Å². The summed E-state index contributed by atoms with van der Waals surface area (Å²) < 4.78 is 1.71. The Hall–Kier alpha value is -2.41. The molecule has 134 valence electrons. The molecule has 7 heteroatoms. The number of amides is 2. The molecule has 7 nitrogen and oxygen atoms in total. The number of nitrogens with one attached hydrogen (secondary N) is 1. The van der Waals surface area contributed by atoms with E-state index in [9.17, 15) is 9.90 Å². The summed E-state index contributed by atoms with van der Waals surface area (Å²) in [7, 11) is 0. The van der Waals surface area contributed by atoms with Gasteiger partial charge in [0.05, 0.1) is 11.6 Å². The van der Waals surface area contributed by atoms with E-state index in [0.717, 1.165) is 6.42 Å². The van der Waals surface area contributed by atoms with E-state index in [1.54, 1.807) is 15.9 Å². The third kappa shape index (κ3) is 4.17. The smallest absolute Gasteiger partial charge is 0.324 e. The summed E-state index contributed by atoms with van der Waals surface area (Å²) in [5.74, 6) is 0.314. The van der Waals surface area contributed by atoms with Gasteiger partial charge >= 0.3 is 6.03 Å². The summed E-state index contributed by atoms with van der Waals surface area (Å²) in [6.45, 7) is 6.88. The van der Waals surface area contributed by atoms with Crippen molar-refractivity contribution in [1.82, 2.24) is 19.7 Å². The first kappa shape index (κ1) is 17.4. The van der Waals surface area contributed by atoms with E-state index in [1.807, 2.05) is 51.1 Å². The van der Waals surface area contributed by atoms with Crippen LogP contribution in [-0.4, -0.2) is 50.0 Å². The Morgan fingerprint density at radius 1 is 1.28 bits per heavy atom. The van der Waals surface area contributed by atoms with Crippen LogP contribution < -0.4 is 5.32 Å². The fraction of sp³-hybridized carbons (Fsp3) is 0.500. The maximum Gasteiger partial charge on any atom is 0.324 e. The van der Waals surface area contributed by atoms with E-state index < -0.39 is 6.10 Å². The van der Waals surface area contributed by atoms with E-state index in [1.165, 1.54) is 5.56 Å². The second-order valence-corrected chi connectivity index (χ2v) is 7.54. The van der Waals surface area contributed by atoms with Crippen LogP contribution in [0.3, 0.4) is 0 Å². The lowest BCUT2D eigenvalue weighted by atomic mass is 9.97. The number of carbonyl (C=O) groups is 1. The van der Waals surface area contributed by atoms with Crippen molar-refractivity contribution in [1.29, 1.82) is 0 Å². The number of urea groups is 1. The lowest BCUT2D eigenvalue weighted by molar-refractivity contribution is 0.143. The number of rotatable bonds is 3. The Morgan fingerprint density at radius 3 is 2.64 bits per heavy atom. The normalized spacial score (nSPS) is 20.7. The molecule has 1 aromatic heterocycles. The fourth-order valence-corrected chi connectivity index (χ4v) is 2.96. The van der Waals surface area contributed by atoms with Gasteiger partial charge in [-0.1, -0.05) is 30.3 Å². The second-order valence-electron chi connectivity index (χ2n) is 7.54. The van der Waals surface area contributed by atoms with E-state index in [-0.39, 0.29) is 23.4 Å². The number of aliphatic hydroxyl groups is 1. The summed E-state index contributed by atoms with van der Waals surface area (Å²) in [5, 5.41) is 17.3. The van der Waals surface area contributed by atoms with Crippen molar-refractivity contribution >= 4 is 12.0 Å². The first-order valence-corrected chi connectivity index (χ1v) is 8.53. The molecule has 3 rings (SSSR count). The Kier molecular flexibility index (Phi) is 4.76. The maximum atomic E-state index is 12.4. The van der Waals surface area contributed by atoms with Crippen molar-refractivity contribution < 1.29 is 9.90 Å². The first-order chi connectivity index (χ1) is 11.8. The van der Waals surface area contributed by atoms with Gasteiger partial charge in [-0.15, -0.1) is 5.10 Å². The fourth-order valence-electron chi connectivity index (χ4n) is 2.96. The largest absolute Gasteiger partial charge is 0.391 e. The Balaban J connectivity index is 1.59. The molecule has 1 aliphatic heterocycles. The van der Waals surface area contributed by atoms with Crippen molar-refractivity contribution in [3.8, 4) is 0 Å². The Bertz CT molecular complexity index is 723. The molecule has 0 saturated carbocycles. The lowest BCUT2D eigenvalue weighted by Crippen LogP contribution is -2.34. The monoisotopic (exact) mass is 343 g/mol. The SMILES string of the molecule is CC(C)(C)n1cnc(NC(=O)N2C[C@@H](Cc3ccccc3)[C@H](O)C2)n1. The molecule has 0 radical (unpaired) electrons. The molecule has 2 aromatic rings. The van der Waals surface area contributed by atoms with Crippen molar-refractivity contribution in [3.63, 3.8) is 0 Å². The molecule has 1 aliphatic rings. The molecular formula is C18H25N5O2. The van der Waals surface area contributed by atoms with Crippen LogP contribution in [0.4, 0.5) is 10.7 Å². The average Bonchev–Trinajstić information content (AvgIpc) is 3.16. The van der Waals surface area contributed by atoms with Crippen LogP contribution >= 0.6 is 0 Å². The van der Waals surface area contributed by atoms with Gasteiger partial charge in [-0.25, -0.2) is 14.5 Å². The first-order valence-electron chi connectivity index (χ1n) is 8.53. The zero-order chi connectivity index (χ0) is 18.0. The maximum absolute atomic E-state index is 12.4. The number of likely N-dealkylation sites (tertiary alicyclic amines) is 1. The van der Waals surface area contributed by atoms with E-state index in [0.29, 0.717) is 13.1 Å². The van der Waals surface area contributed by atoms with Crippen molar-refractivity contribution in [3.05, 3.63) is 42.2 Å². The summed E-state index contributed by atoms with van der Waals surface area (Å²) in [6, 6.07) is 9.74. The lowest BCUT2D eigenvalue weighted by Gasteiger charge is -2.18. The highest BCUT2D eigenvalue weighted by Crippen LogP contribution is 2.22. The zero-order valence-corrected chi connectivity index (χ0v) is 14.9. The molecule has 1 fully saturated rings. The quantitative estimate of drug-likeness (QED) is 0.894. The van der Waals surface area contributed by atoms with Crippen LogP contribution in [0.2, 0.25) is 0 Å². The van der Waals surface area contributed by atoms with Crippen LogP contribution in [0.25, 0.3) is 0 Å². The van der Waals surface area contributed by atoms with Crippen LogP contribution in [0.5, 0.6) is 0 Å². The molecule has 2 N–H and O–H groups in total. The minimum absolute atomic E-state index is 0.0354. The number of benzene rings is 1. The number of β-amino-alcohol motifs (C(OH)–C–C–N with tert-alkyl or cyclic N) is 1. The number of hydrogen-bond donors (Lipinski definition) is 2. The summed E-state index contributed by atoms with van der Waals surface area (Å²) >= 11 is 0. The minimum atomic E-state index is -0.522. The number of anilines is 1. The molecule has 0 bridgehead atoms. The molecular weight excluding hydrogens is 318 g/mol. The Morgan fingerprint density at radius 2 is 2.00 bits per heavy atom. The third-order valence-electron chi connectivity index (χ3n) is 4.43. The van der Waals surface area contributed by atoms with Crippen molar-refractivity contribution in [2.24, 2.45) is 5.92 Å². The zero-order valence-electron chi connectivity index (χ0n) is 14.9. The molecule has 1 aromatic carbocycles. The molecule has 2 heterocycles. The summed E-state index contributed by atoms with van der Waals surface area (Å²) in [6.07, 6.45) is 1.83. The van der Waals surface area contributed by atoms with Gasteiger partial charge in [-0.3, -0.25) is 5.32 Å². The topological polar surface area (TPSA) is 83.3 Å². The van der Waals surface area contributed by atoms with E-state index >= 15 is 0 Å². The van der Waals surface area contributed by atoms with Crippen molar-refractivity contribution in [2.45, 2.75) is 38.8 Å². The standard InChI is InChI=1S/C18H25N5O2/c1-18(2,3)23-12-19-16(21-23)20-17(25)22-10-14(15(24)11-22)9-13-7-5-4-6-8-13/h4-8,12,14-15,24H,9-11H2,1-3H3,(H,20,21,25)/t14-,15-/m1/s1. The predicted octanol–water partition coefficient (Wildman–Crippen LogP) is 2.10. The van der Waals surface area contributed by atoms with Crippen LogP contribution in [0.15, 0.2) is 36.7 Å². The number of carbonyl (C=O) groups excluding carboxylic acids is 1. The third-order valence-corrected chi connectivity index (χ3v) is 4.43. The number of aromatic nitrogens is 3. The van der Waals surface area contributed by atoms with Gasteiger partial charge in [0.1, 0.15) is 6.33 Å². The Labute approximate surface area is 147 Å². The van der Waals surface area contributed by atoms with E-state index in [4.69, 9.17) is 0 Å². The molecule has 2 amide bonds. The highest BCUT2D eigenvalue weighted by molar-refractivity contribution is 5.87. The predicted molar refractivity (Wildman–Crippen MR) is 95.3 cm³/mol. The average molecular weight is 343 g/mol. The van der Waals surface area contributed by atoms with Gasteiger partial charge < -0.3 is 10.0 Å². The molecule has 0 unspecified atom stereocenters. The highest BCUT2D eigenvalue weighted by atomic mass is 16.3. The van der Waals surface area contributed by atoms with E-state index in [2.05, 4.69) is 15.4 Å². The van der Waals surface area contributed by atoms with Gasteiger partial charge in [0.15, 0.2) is 0 Å². The van der Waals surface area contributed by atoms with Gasteiger partial charge in [0.25, 0.3) is 0 Å². The van der Waals surface area contributed by atoms with Gasteiger partial charge in [0, 0.05) is 19.0 Å². The molecule has 0 spiro atoms. The van der Waals surface area contributed by atoms with Gasteiger partial charge in [-0.2, -0.15) is 0 Å². The number of nitrogens with zero attached hydrogens (tertiary/aromatic N) is 4. The summed E-state index contributed by atoms with van der Waals surface area (Å²) in [5.41, 5.74) is 0.972. The minimum Gasteiger partial charge on any atom is -0.391 e. The molecule has 1 saturated heterocycles. The highest BCUT2D eigenvalue weighted by Gasteiger charge is 2.34. The van der Waals surface area contributed by atoms with Gasteiger partial charge in [-0.05, 0) is 32.8 Å². The summed E-state index contributed by atoms with van der Waals surface area (Å²) in [4.78, 5) is 18.2. The van der Waals surface area contributed by atoms with Gasteiger partial charge in [0.2, 0.25) is 5.95 Å². The molecule has 2 atom stereocenters. The van der Waals surface area contributed by atoms with Crippen molar-refractivity contribution in [2.75, 3.05) is 18.4 Å². The van der Waals surface area contributed by atoms with Crippen LogP contribution in [0.1, 0.15) is 26.3 Å². The molecule has 25 heavy (non-hydrogen) atoms. The molecule has 0 aliphatic carbocycles. The second kappa shape index (κ2) is 6.84.